The average molecular weight is 264 g/mol. The smallest absolute Gasteiger partial charge is 0.253 e. The van der Waals surface area contributed by atoms with Crippen LogP contribution in [0.2, 0.25) is 0 Å². The maximum atomic E-state index is 12.1. The van der Waals surface area contributed by atoms with Crippen molar-refractivity contribution in [3.8, 4) is 0 Å². The summed E-state index contributed by atoms with van der Waals surface area (Å²) in [6.45, 7) is 6.91. The maximum absolute atomic E-state index is 12.1. The van der Waals surface area contributed by atoms with Gasteiger partial charge in [0, 0.05) is 19.7 Å². The first kappa shape index (κ1) is 15.7. The topological polar surface area (TPSA) is 50.4 Å². The highest BCUT2D eigenvalue weighted by atomic mass is 16.5. The van der Waals surface area contributed by atoms with Gasteiger partial charge in [-0.3, -0.25) is 4.79 Å². The van der Waals surface area contributed by atoms with E-state index in [1.165, 1.54) is 0 Å². The minimum atomic E-state index is -0.516. The number of benzene rings is 1. The van der Waals surface area contributed by atoms with Gasteiger partial charge in [-0.25, -0.2) is 0 Å². The van der Waals surface area contributed by atoms with Crippen molar-refractivity contribution >= 4 is 5.91 Å². The van der Waals surface area contributed by atoms with Gasteiger partial charge in [0.15, 0.2) is 6.10 Å². The lowest BCUT2D eigenvalue weighted by molar-refractivity contribution is -0.132. The second kappa shape index (κ2) is 9.53. The van der Waals surface area contributed by atoms with E-state index in [1.807, 2.05) is 37.3 Å². The summed E-state index contributed by atoms with van der Waals surface area (Å²) in [5, 5.41) is 6.14. The van der Waals surface area contributed by atoms with E-state index >= 15 is 0 Å². The lowest BCUT2D eigenvalue weighted by Crippen LogP contribution is -2.36. The number of carbonyl (C=O) groups is 1. The highest BCUT2D eigenvalue weighted by Crippen LogP contribution is 2.16. The molecule has 0 fully saturated rings. The number of rotatable bonds is 9. The molecule has 1 atom stereocenters. The first-order chi connectivity index (χ1) is 9.29. The molecule has 1 unspecified atom stereocenters. The molecule has 0 bridgehead atoms. The molecule has 4 nitrogen and oxygen atoms in total. The quantitative estimate of drug-likeness (QED) is 0.670. The predicted octanol–water partition coefficient (Wildman–Crippen LogP) is 1.88. The number of hydrogen-bond donors (Lipinski definition) is 2. The third-order valence-corrected chi connectivity index (χ3v) is 2.70. The number of amides is 1. The van der Waals surface area contributed by atoms with Crippen molar-refractivity contribution in [1.82, 2.24) is 10.6 Å². The summed E-state index contributed by atoms with van der Waals surface area (Å²) in [6.07, 6.45) is 0.580. The molecule has 106 valence electrons. The fraction of sp³-hybridized carbons (Fsp3) is 0.533. The van der Waals surface area contributed by atoms with Gasteiger partial charge in [0.25, 0.3) is 5.91 Å². The molecule has 19 heavy (non-hydrogen) atoms. The molecule has 1 rings (SSSR count). The van der Waals surface area contributed by atoms with Gasteiger partial charge in [0.1, 0.15) is 0 Å². The van der Waals surface area contributed by atoms with Crippen molar-refractivity contribution in [2.24, 2.45) is 0 Å². The third-order valence-electron chi connectivity index (χ3n) is 2.70. The molecule has 0 saturated heterocycles. The van der Waals surface area contributed by atoms with Crippen LogP contribution in [0.5, 0.6) is 0 Å². The Balaban J connectivity index is 2.45. The normalized spacial score (nSPS) is 12.1. The largest absolute Gasteiger partial charge is 0.364 e. The molecule has 0 aliphatic rings. The van der Waals surface area contributed by atoms with E-state index in [2.05, 4.69) is 17.6 Å². The fourth-order valence-corrected chi connectivity index (χ4v) is 1.79. The molecule has 0 radical (unpaired) electrons. The van der Waals surface area contributed by atoms with E-state index in [-0.39, 0.29) is 5.91 Å². The van der Waals surface area contributed by atoms with Gasteiger partial charge < -0.3 is 15.4 Å². The monoisotopic (exact) mass is 264 g/mol. The third kappa shape index (κ3) is 5.85. The van der Waals surface area contributed by atoms with Crippen LogP contribution in [0.3, 0.4) is 0 Å². The van der Waals surface area contributed by atoms with Crippen molar-refractivity contribution < 1.29 is 9.53 Å². The summed E-state index contributed by atoms with van der Waals surface area (Å²) < 4.78 is 5.54. The zero-order valence-electron chi connectivity index (χ0n) is 11.8. The van der Waals surface area contributed by atoms with Crippen LogP contribution in [0.4, 0.5) is 0 Å². The molecule has 0 aromatic heterocycles. The summed E-state index contributed by atoms with van der Waals surface area (Å²) in [4.78, 5) is 12.1. The minimum absolute atomic E-state index is 0.0775. The van der Waals surface area contributed by atoms with Crippen molar-refractivity contribution in [2.75, 3.05) is 26.2 Å². The lowest BCUT2D eigenvalue weighted by atomic mass is 10.1. The Hall–Kier alpha value is -1.39. The van der Waals surface area contributed by atoms with E-state index < -0.39 is 6.10 Å². The Bertz CT molecular complexity index is 354. The summed E-state index contributed by atoms with van der Waals surface area (Å²) in [5.74, 6) is -0.0775. The molecule has 1 aromatic carbocycles. The Morgan fingerprint density at radius 3 is 2.53 bits per heavy atom. The Kier molecular flexibility index (Phi) is 7.86. The van der Waals surface area contributed by atoms with Crippen molar-refractivity contribution in [3.63, 3.8) is 0 Å². The molecule has 1 aromatic rings. The van der Waals surface area contributed by atoms with Gasteiger partial charge in [-0.1, -0.05) is 37.3 Å². The van der Waals surface area contributed by atoms with Crippen LogP contribution in [-0.4, -0.2) is 32.1 Å². The van der Waals surface area contributed by atoms with Crippen LogP contribution in [0.15, 0.2) is 30.3 Å². The molecule has 0 spiro atoms. The molecule has 0 saturated carbocycles. The lowest BCUT2D eigenvalue weighted by Gasteiger charge is -2.17. The molecule has 2 N–H and O–H groups in total. The van der Waals surface area contributed by atoms with Gasteiger partial charge in [-0.2, -0.15) is 0 Å². The Labute approximate surface area is 115 Å². The van der Waals surface area contributed by atoms with Crippen LogP contribution in [-0.2, 0) is 9.53 Å². The standard InChI is InChI=1S/C15H24N2O2/c1-3-10-16-11-12-17-15(18)14(19-4-2)13-8-6-5-7-9-13/h5-9,14,16H,3-4,10-12H2,1-2H3,(H,17,18). The van der Waals surface area contributed by atoms with E-state index in [1.54, 1.807) is 0 Å². The maximum Gasteiger partial charge on any atom is 0.253 e. The molecular formula is C15H24N2O2. The first-order valence-corrected chi connectivity index (χ1v) is 6.94. The predicted molar refractivity (Wildman–Crippen MR) is 77.0 cm³/mol. The number of ether oxygens (including phenoxy) is 1. The average Bonchev–Trinajstić information content (AvgIpc) is 2.45. The van der Waals surface area contributed by atoms with E-state index in [0.29, 0.717) is 13.2 Å². The summed E-state index contributed by atoms with van der Waals surface area (Å²) in [7, 11) is 0. The summed E-state index contributed by atoms with van der Waals surface area (Å²) >= 11 is 0. The van der Waals surface area contributed by atoms with Crippen LogP contribution < -0.4 is 10.6 Å². The molecule has 0 aliphatic heterocycles. The fourth-order valence-electron chi connectivity index (χ4n) is 1.79. The highest BCUT2D eigenvalue weighted by Gasteiger charge is 2.19. The molecule has 1 amide bonds. The Morgan fingerprint density at radius 1 is 1.16 bits per heavy atom. The zero-order chi connectivity index (χ0) is 13.9. The zero-order valence-corrected chi connectivity index (χ0v) is 11.8. The highest BCUT2D eigenvalue weighted by molar-refractivity contribution is 5.82. The van der Waals surface area contributed by atoms with Crippen LogP contribution >= 0.6 is 0 Å². The molecule has 4 heteroatoms. The number of hydrogen-bond acceptors (Lipinski definition) is 3. The minimum Gasteiger partial charge on any atom is -0.364 e. The van der Waals surface area contributed by atoms with Crippen molar-refractivity contribution in [2.45, 2.75) is 26.4 Å². The first-order valence-electron chi connectivity index (χ1n) is 6.94. The van der Waals surface area contributed by atoms with Crippen LogP contribution in [0.1, 0.15) is 31.9 Å². The summed E-state index contributed by atoms with van der Waals surface area (Å²) in [6, 6.07) is 9.58. The van der Waals surface area contributed by atoms with Gasteiger partial charge >= 0.3 is 0 Å². The second-order valence-corrected chi connectivity index (χ2v) is 4.29. The Morgan fingerprint density at radius 2 is 1.89 bits per heavy atom. The van der Waals surface area contributed by atoms with Crippen LogP contribution in [0.25, 0.3) is 0 Å². The van der Waals surface area contributed by atoms with Crippen molar-refractivity contribution in [3.05, 3.63) is 35.9 Å². The van der Waals surface area contributed by atoms with Crippen LogP contribution in [0, 0.1) is 0 Å². The van der Waals surface area contributed by atoms with Gasteiger partial charge in [0.2, 0.25) is 0 Å². The van der Waals surface area contributed by atoms with E-state index in [0.717, 1.165) is 25.1 Å². The molecular weight excluding hydrogens is 240 g/mol. The molecule has 0 heterocycles. The second-order valence-electron chi connectivity index (χ2n) is 4.29. The van der Waals surface area contributed by atoms with Gasteiger partial charge in [-0.15, -0.1) is 0 Å². The van der Waals surface area contributed by atoms with Crippen molar-refractivity contribution in [1.29, 1.82) is 0 Å². The van der Waals surface area contributed by atoms with E-state index in [9.17, 15) is 4.79 Å². The van der Waals surface area contributed by atoms with Gasteiger partial charge in [-0.05, 0) is 25.5 Å². The number of carbonyl (C=O) groups excluding carboxylic acids is 1. The number of nitrogens with one attached hydrogen (secondary N) is 2. The van der Waals surface area contributed by atoms with E-state index in [4.69, 9.17) is 4.74 Å². The SMILES string of the molecule is CCCNCCNC(=O)C(OCC)c1ccccc1. The van der Waals surface area contributed by atoms with Gasteiger partial charge in [0.05, 0.1) is 0 Å². The molecule has 0 aliphatic carbocycles. The summed E-state index contributed by atoms with van der Waals surface area (Å²) in [5.41, 5.74) is 0.892.